The first-order valence-electron chi connectivity index (χ1n) is 6.63. The van der Waals surface area contributed by atoms with Crippen LogP contribution in [0.2, 0.25) is 0 Å². The number of rotatable bonds is 5. The van der Waals surface area contributed by atoms with Gasteiger partial charge in [0.2, 0.25) is 0 Å². The average molecular weight is 425 g/mol. The van der Waals surface area contributed by atoms with Crippen molar-refractivity contribution in [3.8, 4) is 0 Å². The van der Waals surface area contributed by atoms with Gasteiger partial charge in [-0.1, -0.05) is 36.4 Å². The second-order valence-corrected chi connectivity index (χ2v) is 7.34. The molecule has 2 aromatic rings. The maximum atomic E-state index is 11.7. The minimum absolute atomic E-state index is 0.351. The smallest absolute Gasteiger partial charge is 0.337 e. The monoisotopic (exact) mass is 423 g/mol. The van der Waals surface area contributed by atoms with Crippen LogP contribution in [0.15, 0.2) is 51.9 Å². The van der Waals surface area contributed by atoms with Crippen molar-refractivity contribution in [2.24, 2.45) is 0 Å². The molecule has 114 valence electrons. The Morgan fingerprint density at radius 1 is 1.18 bits per heavy atom. The quantitative estimate of drug-likeness (QED) is 0.672. The molecule has 0 radical (unpaired) electrons. The molecule has 0 aliphatic heterocycles. The van der Waals surface area contributed by atoms with Crippen LogP contribution in [-0.2, 0) is 11.3 Å². The molecular formula is C17H15Br2NO2. The topological polar surface area (TPSA) is 38.3 Å². The van der Waals surface area contributed by atoms with Gasteiger partial charge in [0.25, 0.3) is 0 Å². The molecule has 0 spiro atoms. The number of hydrogen-bond acceptors (Lipinski definition) is 3. The number of hydrogen-bond donors (Lipinski definition) is 1. The molecule has 0 unspecified atom stereocenters. The lowest BCUT2D eigenvalue weighted by atomic mass is 10.1. The van der Waals surface area contributed by atoms with Gasteiger partial charge < -0.3 is 10.1 Å². The molecule has 1 N–H and O–H groups in total. The number of esters is 1. The lowest BCUT2D eigenvalue weighted by Gasteiger charge is -2.12. The van der Waals surface area contributed by atoms with Crippen LogP contribution >= 0.6 is 31.9 Å². The fraction of sp³-hybridized carbons (Fsp3) is 0.118. The van der Waals surface area contributed by atoms with Gasteiger partial charge in [-0.25, -0.2) is 4.79 Å². The second-order valence-electron chi connectivity index (χ2n) is 4.57. The van der Waals surface area contributed by atoms with Gasteiger partial charge in [0, 0.05) is 12.2 Å². The summed E-state index contributed by atoms with van der Waals surface area (Å²) in [5, 5.41) is 3.36. The molecule has 0 heterocycles. The van der Waals surface area contributed by atoms with E-state index in [1.165, 1.54) is 12.7 Å². The Morgan fingerprint density at radius 3 is 2.55 bits per heavy atom. The maximum Gasteiger partial charge on any atom is 0.337 e. The van der Waals surface area contributed by atoms with Crippen molar-refractivity contribution in [3.05, 3.63) is 68.6 Å². The summed E-state index contributed by atoms with van der Waals surface area (Å²) in [5.74, 6) is -0.351. The summed E-state index contributed by atoms with van der Waals surface area (Å²) in [6.07, 6.45) is 1.92. The zero-order valence-corrected chi connectivity index (χ0v) is 15.1. The third kappa shape index (κ3) is 4.71. The van der Waals surface area contributed by atoms with Crippen LogP contribution in [0.4, 0.5) is 5.69 Å². The molecule has 0 fully saturated rings. The van der Waals surface area contributed by atoms with Gasteiger partial charge in [-0.3, -0.25) is 0 Å². The Bertz CT molecular complexity index is 680. The van der Waals surface area contributed by atoms with Gasteiger partial charge >= 0.3 is 5.97 Å². The molecule has 5 heteroatoms. The van der Waals surface area contributed by atoms with Gasteiger partial charge in [0.15, 0.2) is 0 Å². The average Bonchev–Trinajstić information content (AvgIpc) is 2.53. The minimum Gasteiger partial charge on any atom is -0.465 e. The highest BCUT2D eigenvalue weighted by Gasteiger charge is 2.09. The summed E-state index contributed by atoms with van der Waals surface area (Å²) in [5.41, 5.74) is 3.51. The van der Waals surface area contributed by atoms with Gasteiger partial charge in [-0.15, -0.1) is 0 Å². The first kappa shape index (κ1) is 16.8. The minimum atomic E-state index is -0.351. The van der Waals surface area contributed by atoms with E-state index in [2.05, 4.69) is 37.2 Å². The van der Waals surface area contributed by atoms with Crippen LogP contribution < -0.4 is 5.32 Å². The van der Waals surface area contributed by atoms with Gasteiger partial charge in [0.05, 0.1) is 16.1 Å². The first-order valence-corrected chi connectivity index (χ1v) is 8.21. The third-order valence-corrected chi connectivity index (χ3v) is 3.52. The number of ether oxygens (including phenoxy) is 1. The normalized spacial score (nSPS) is 9.95. The largest absolute Gasteiger partial charge is 0.465 e. The molecule has 22 heavy (non-hydrogen) atoms. The summed E-state index contributed by atoms with van der Waals surface area (Å²) in [6, 6.07) is 15.5. The van der Waals surface area contributed by atoms with E-state index in [1.807, 2.05) is 42.5 Å². The summed E-state index contributed by atoms with van der Waals surface area (Å²) < 4.78 is 5.60. The van der Waals surface area contributed by atoms with Crippen molar-refractivity contribution in [3.63, 3.8) is 0 Å². The second kappa shape index (κ2) is 8.15. The van der Waals surface area contributed by atoms with E-state index in [9.17, 15) is 4.79 Å². The molecular weight excluding hydrogens is 410 g/mol. The van der Waals surface area contributed by atoms with Gasteiger partial charge in [-0.05, 0) is 61.2 Å². The molecule has 0 bridgehead atoms. The Hall–Kier alpha value is -1.59. The summed E-state index contributed by atoms with van der Waals surface area (Å²) in [6.45, 7) is 0.673. The van der Waals surface area contributed by atoms with Crippen LogP contribution in [0, 0.1) is 0 Å². The predicted octanol–water partition coefficient (Wildman–Crippen LogP) is 5.17. The predicted molar refractivity (Wildman–Crippen MR) is 97.4 cm³/mol. The van der Waals surface area contributed by atoms with Crippen LogP contribution in [0.1, 0.15) is 21.5 Å². The van der Waals surface area contributed by atoms with Crippen LogP contribution in [-0.4, -0.2) is 13.1 Å². The number of nitrogens with one attached hydrogen (secondary N) is 1. The highest BCUT2D eigenvalue weighted by atomic mass is 79.9. The number of benzene rings is 2. The maximum absolute atomic E-state index is 11.7. The molecule has 2 aromatic carbocycles. The van der Waals surface area contributed by atoms with Crippen molar-refractivity contribution in [1.29, 1.82) is 0 Å². The number of methoxy groups -OCH3 is 1. The summed E-state index contributed by atoms with van der Waals surface area (Å²) in [7, 11) is 1.38. The number of anilines is 1. The molecule has 2 rings (SSSR count). The van der Waals surface area contributed by atoms with E-state index in [0.717, 1.165) is 14.6 Å². The highest BCUT2D eigenvalue weighted by Crippen LogP contribution is 2.25. The summed E-state index contributed by atoms with van der Waals surface area (Å²) >= 11 is 6.72. The van der Waals surface area contributed by atoms with E-state index in [4.69, 9.17) is 4.74 Å². The molecule has 0 aromatic heterocycles. The fourth-order valence-corrected chi connectivity index (χ4v) is 2.48. The van der Waals surface area contributed by atoms with E-state index >= 15 is 0 Å². The lowest BCUT2D eigenvalue weighted by molar-refractivity contribution is 0.0601. The Kier molecular flexibility index (Phi) is 6.21. The molecule has 3 nitrogen and oxygen atoms in total. The van der Waals surface area contributed by atoms with E-state index in [0.29, 0.717) is 12.1 Å². The SMILES string of the molecule is COC(=O)c1ccc(C=C(Br)Br)c(NCc2ccccc2)c1. The lowest BCUT2D eigenvalue weighted by Crippen LogP contribution is -2.05. The third-order valence-electron chi connectivity index (χ3n) is 3.06. The first-order chi connectivity index (χ1) is 10.6. The van der Waals surface area contributed by atoms with E-state index in [-0.39, 0.29) is 5.97 Å². The summed E-state index contributed by atoms with van der Waals surface area (Å²) in [4.78, 5) is 11.7. The van der Waals surface area contributed by atoms with Crippen molar-refractivity contribution < 1.29 is 9.53 Å². The van der Waals surface area contributed by atoms with Gasteiger partial charge in [-0.2, -0.15) is 0 Å². The van der Waals surface area contributed by atoms with Crippen LogP contribution in [0.3, 0.4) is 0 Å². The number of halogens is 2. The van der Waals surface area contributed by atoms with Crippen molar-refractivity contribution >= 4 is 49.6 Å². The van der Waals surface area contributed by atoms with E-state index in [1.54, 1.807) is 12.1 Å². The Morgan fingerprint density at radius 2 is 1.91 bits per heavy atom. The molecule has 0 saturated carbocycles. The zero-order chi connectivity index (χ0) is 15.9. The van der Waals surface area contributed by atoms with Gasteiger partial charge in [0.1, 0.15) is 0 Å². The standard InChI is InChI=1S/C17H15Br2NO2/c1-22-17(21)14-8-7-13(10-16(18)19)15(9-14)20-11-12-5-3-2-4-6-12/h2-10,20H,11H2,1H3. The van der Waals surface area contributed by atoms with Crippen LogP contribution in [0.25, 0.3) is 6.08 Å². The van der Waals surface area contributed by atoms with E-state index < -0.39 is 0 Å². The molecule has 0 aliphatic carbocycles. The van der Waals surface area contributed by atoms with Crippen molar-refractivity contribution in [2.75, 3.05) is 12.4 Å². The fourth-order valence-electron chi connectivity index (χ4n) is 1.99. The van der Waals surface area contributed by atoms with Crippen molar-refractivity contribution in [1.82, 2.24) is 0 Å². The Balaban J connectivity index is 2.28. The molecule has 0 amide bonds. The van der Waals surface area contributed by atoms with Crippen LogP contribution in [0.5, 0.6) is 0 Å². The number of carbonyl (C=O) groups is 1. The van der Waals surface area contributed by atoms with Crippen molar-refractivity contribution in [2.45, 2.75) is 6.54 Å². The number of carbonyl (C=O) groups excluding carboxylic acids is 1. The Labute approximate surface area is 146 Å². The zero-order valence-electron chi connectivity index (χ0n) is 12.0. The molecule has 0 atom stereocenters. The molecule has 0 aliphatic rings. The highest BCUT2D eigenvalue weighted by molar-refractivity contribution is 9.28. The molecule has 0 saturated heterocycles.